The predicted molar refractivity (Wildman–Crippen MR) is 57.2 cm³/mol. The summed E-state index contributed by atoms with van der Waals surface area (Å²) < 4.78 is 0. The highest BCUT2D eigenvalue weighted by atomic mass is 35.5. The van der Waals surface area contributed by atoms with Gasteiger partial charge in [-0.15, -0.1) is 0 Å². The summed E-state index contributed by atoms with van der Waals surface area (Å²) in [6, 6.07) is 3.97. The van der Waals surface area contributed by atoms with E-state index in [1.54, 1.807) is 6.20 Å². The lowest BCUT2D eigenvalue weighted by atomic mass is 10.2. The Labute approximate surface area is 82.9 Å². The van der Waals surface area contributed by atoms with Gasteiger partial charge in [0.15, 0.2) is 0 Å². The van der Waals surface area contributed by atoms with Gasteiger partial charge in [-0.05, 0) is 24.6 Å². The Bertz CT molecular complexity index is 393. The van der Waals surface area contributed by atoms with E-state index in [-0.39, 0.29) is 0 Å². The first-order chi connectivity index (χ1) is 6.27. The molecule has 0 aliphatic rings. The van der Waals surface area contributed by atoms with E-state index < -0.39 is 0 Å². The molecule has 0 spiro atoms. The zero-order valence-corrected chi connectivity index (χ0v) is 8.81. The number of aromatic nitrogens is 2. The van der Waals surface area contributed by atoms with Crippen molar-refractivity contribution < 1.29 is 0 Å². The van der Waals surface area contributed by atoms with E-state index in [9.17, 15) is 0 Å². The minimum absolute atomic E-state index is 0.734. The highest BCUT2D eigenvalue weighted by molar-refractivity contribution is 6.35. The van der Waals surface area contributed by atoms with Crippen LogP contribution in [0.1, 0.15) is 19.4 Å². The molecule has 0 saturated heterocycles. The van der Waals surface area contributed by atoms with Crippen LogP contribution in [0.4, 0.5) is 0 Å². The minimum Gasteiger partial charge on any atom is -0.276 e. The maximum atomic E-state index is 5.93. The molecule has 0 bridgehead atoms. The molecule has 2 aromatic rings. The first-order valence-corrected chi connectivity index (χ1v) is 4.74. The van der Waals surface area contributed by atoms with Gasteiger partial charge in [-0.1, -0.05) is 25.4 Å². The summed E-state index contributed by atoms with van der Waals surface area (Å²) in [5.41, 5.74) is 2.07. The SMILES string of the molecule is CC.Cc1cc(Cl)c2[nH]ncc2c1. The van der Waals surface area contributed by atoms with Gasteiger partial charge in [0.25, 0.3) is 0 Å². The third-order valence-electron chi connectivity index (χ3n) is 1.65. The van der Waals surface area contributed by atoms with Gasteiger partial charge in [0.2, 0.25) is 0 Å². The normalized spacial score (nSPS) is 9.54. The molecule has 1 aromatic heterocycles. The fourth-order valence-electron chi connectivity index (χ4n) is 1.16. The number of aromatic amines is 1. The first kappa shape index (κ1) is 10.1. The zero-order valence-electron chi connectivity index (χ0n) is 8.06. The fourth-order valence-corrected chi connectivity index (χ4v) is 1.48. The van der Waals surface area contributed by atoms with Gasteiger partial charge in [-0.3, -0.25) is 5.10 Å². The van der Waals surface area contributed by atoms with Crippen LogP contribution in [0.5, 0.6) is 0 Å². The molecule has 70 valence electrons. The van der Waals surface area contributed by atoms with Crippen LogP contribution >= 0.6 is 11.6 Å². The number of halogens is 1. The Morgan fingerprint density at radius 3 is 2.69 bits per heavy atom. The van der Waals surface area contributed by atoms with Crippen LogP contribution < -0.4 is 0 Å². The van der Waals surface area contributed by atoms with E-state index in [0.29, 0.717) is 0 Å². The average Bonchev–Trinajstić information content (AvgIpc) is 2.55. The smallest absolute Gasteiger partial charge is 0.0836 e. The van der Waals surface area contributed by atoms with Gasteiger partial charge in [0.1, 0.15) is 0 Å². The molecule has 1 aromatic carbocycles. The molecule has 3 heteroatoms. The van der Waals surface area contributed by atoms with Crippen molar-refractivity contribution in [3.05, 3.63) is 28.9 Å². The zero-order chi connectivity index (χ0) is 9.84. The summed E-state index contributed by atoms with van der Waals surface area (Å²) in [6.07, 6.45) is 1.77. The van der Waals surface area contributed by atoms with Gasteiger partial charge >= 0.3 is 0 Å². The standard InChI is InChI=1S/C8H7ClN2.C2H6/c1-5-2-6-4-10-11-8(6)7(9)3-5;1-2/h2-4H,1H3,(H,10,11);1-2H3. The van der Waals surface area contributed by atoms with Crippen LogP contribution in [0.15, 0.2) is 18.3 Å². The van der Waals surface area contributed by atoms with Gasteiger partial charge in [0, 0.05) is 5.39 Å². The van der Waals surface area contributed by atoms with Crippen molar-refractivity contribution >= 4 is 22.5 Å². The van der Waals surface area contributed by atoms with Gasteiger partial charge in [-0.2, -0.15) is 5.10 Å². The highest BCUT2D eigenvalue weighted by Crippen LogP contribution is 2.22. The third kappa shape index (κ3) is 2.01. The molecule has 2 rings (SSSR count). The van der Waals surface area contributed by atoms with Gasteiger partial charge in [-0.25, -0.2) is 0 Å². The highest BCUT2D eigenvalue weighted by Gasteiger charge is 2.00. The van der Waals surface area contributed by atoms with E-state index >= 15 is 0 Å². The van der Waals surface area contributed by atoms with Crippen LogP contribution in [0, 0.1) is 6.92 Å². The number of fused-ring (bicyclic) bond motifs is 1. The monoisotopic (exact) mass is 196 g/mol. The molecule has 0 saturated carbocycles. The topological polar surface area (TPSA) is 28.7 Å². The van der Waals surface area contributed by atoms with E-state index in [4.69, 9.17) is 11.6 Å². The number of H-pyrrole nitrogens is 1. The Kier molecular flexibility index (Phi) is 3.32. The maximum absolute atomic E-state index is 5.93. The number of hydrogen-bond donors (Lipinski definition) is 1. The third-order valence-corrected chi connectivity index (χ3v) is 1.94. The molecule has 1 heterocycles. The average molecular weight is 197 g/mol. The van der Waals surface area contributed by atoms with E-state index in [1.165, 1.54) is 0 Å². The fraction of sp³-hybridized carbons (Fsp3) is 0.300. The molecule has 0 unspecified atom stereocenters. The lowest BCUT2D eigenvalue weighted by Gasteiger charge is -1.94. The van der Waals surface area contributed by atoms with Crippen molar-refractivity contribution in [1.82, 2.24) is 10.2 Å². The molecule has 0 radical (unpaired) electrons. The van der Waals surface area contributed by atoms with Crippen molar-refractivity contribution in [2.75, 3.05) is 0 Å². The Balaban J connectivity index is 0.000000396. The van der Waals surface area contributed by atoms with Crippen LogP contribution in [0.25, 0.3) is 10.9 Å². The Hall–Kier alpha value is -1.02. The lowest BCUT2D eigenvalue weighted by molar-refractivity contribution is 1.12. The van der Waals surface area contributed by atoms with Crippen LogP contribution in [-0.2, 0) is 0 Å². The number of nitrogens with one attached hydrogen (secondary N) is 1. The predicted octanol–water partition coefficient (Wildman–Crippen LogP) is 3.55. The largest absolute Gasteiger partial charge is 0.276 e. The number of benzene rings is 1. The molecule has 0 aliphatic carbocycles. The molecule has 2 nitrogen and oxygen atoms in total. The first-order valence-electron chi connectivity index (χ1n) is 4.36. The summed E-state index contributed by atoms with van der Waals surface area (Å²) in [6.45, 7) is 6.01. The van der Waals surface area contributed by atoms with E-state index in [2.05, 4.69) is 10.2 Å². The number of aryl methyl sites for hydroxylation is 1. The summed E-state index contributed by atoms with van der Waals surface area (Å²) >= 11 is 5.93. The second-order valence-electron chi connectivity index (χ2n) is 2.58. The summed E-state index contributed by atoms with van der Waals surface area (Å²) in [5.74, 6) is 0. The summed E-state index contributed by atoms with van der Waals surface area (Å²) in [4.78, 5) is 0. The number of nitrogens with zero attached hydrogens (tertiary/aromatic N) is 1. The summed E-state index contributed by atoms with van der Waals surface area (Å²) in [5, 5.41) is 8.53. The lowest BCUT2D eigenvalue weighted by Crippen LogP contribution is -1.74. The van der Waals surface area contributed by atoms with E-state index in [1.807, 2.05) is 32.9 Å². The van der Waals surface area contributed by atoms with Gasteiger partial charge < -0.3 is 0 Å². The molecule has 0 amide bonds. The summed E-state index contributed by atoms with van der Waals surface area (Å²) in [7, 11) is 0. The molecule has 1 N–H and O–H groups in total. The number of hydrogen-bond acceptors (Lipinski definition) is 1. The second kappa shape index (κ2) is 4.28. The molecular weight excluding hydrogens is 184 g/mol. The second-order valence-corrected chi connectivity index (χ2v) is 2.99. The van der Waals surface area contributed by atoms with Crippen LogP contribution in [0.3, 0.4) is 0 Å². The maximum Gasteiger partial charge on any atom is 0.0836 e. The quantitative estimate of drug-likeness (QED) is 0.686. The molecule has 0 aliphatic heterocycles. The van der Waals surface area contributed by atoms with Crippen molar-refractivity contribution in [2.24, 2.45) is 0 Å². The van der Waals surface area contributed by atoms with Gasteiger partial charge in [0.05, 0.1) is 16.7 Å². The number of rotatable bonds is 0. The van der Waals surface area contributed by atoms with Crippen LogP contribution in [-0.4, -0.2) is 10.2 Å². The van der Waals surface area contributed by atoms with Crippen molar-refractivity contribution in [2.45, 2.75) is 20.8 Å². The minimum atomic E-state index is 0.734. The Morgan fingerprint density at radius 1 is 1.31 bits per heavy atom. The molecule has 0 fully saturated rings. The molecular formula is C10H13ClN2. The van der Waals surface area contributed by atoms with Crippen LogP contribution in [0.2, 0.25) is 5.02 Å². The molecule has 13 heavy (non-hydrogen) atoms. The van der Waals surface area contributed by atoms with Crippen molar-refractivity contribution in [3.63, 3.8) is 0 Å². The van der Waals surface area contributed by atoms with Crippen molar-refractivity contribution in [3.8, 4) is 0 Å². The Morgan fingerprint density at radius 2 is 2.00 bits per heavy atom. The van der Waals surface area contributed by atoms with Crippen molar-refractivity contribution in [1.29, 1.82) is 0 Å². The molecule has 0 atom stereocenters. The van der Waals surface area contributed by atoms with E-state index in [0.717, 1.165) is 21.5 Å².